The molecular formula is C39H40N3O+. The van der Waals surface area contributed by atoms with E-state index in [-0.39, 0.29) is 5.41 Å². The molecule has 2 heterocycles. The first-order valence-electron chi connectivity index (χ1n) is 15.6. The van der Waals surface area contributed by atoms with E-state index >= 15 is 0 Å². The van der Waals surface area contributed by atoms with Crippen LogP contribution in [0.15, 0.2) is 107 Å². The second kappa shape index (κ2) is 12.3. The number of rotatable bonds is 10. The van der Waals surface area contributed by atoms with E-state index < -0.39 is 0 Å². The lowest BCUT2D eigenvalue weighted by Crippen LogP contribution is -2.35. The van der Waals surface area contributed by atoms with E-state index in [4.69, 9.17) is 11.0 Å². The lowest BCUT2D eigenvalue weighted by molar-refractivity contribution is -0.678. The second-order valence-electron chi connectivity index (χ2n) is 11.8. The van der Waals surface area contributed by atoms with Gasteiger partial charge in [0.15, 0.2) is 12.2 Å². The van der Waals surface area contributed by atoms with Gasteiger partial charge in [-0.3, -0.25) is 0 Å². The van der Waals surface area contributed by atoms with E-state index in [1.807, 2.05) is 24.3 Å². The van der Waals surface area contributed by atoms with Gasteiger partial charge in [0.25, 0.3) is 5.52 Å². The Balaban J connectivity index is 1.51. The van der Waals surface area contributed by atoms with E-state index in [2.05, 4.69) is 114 Å². The predicted octanol–water partition coefficient (Wildman–Crippen LogP) is 9.94. The minimum Gasteiger partial charge on any atom is -0.398 e. The molecule has 0 aliphatic carbocycles. The number of aromatic nitrogens is 1. The smallest absolute Gasteiger partial charge is 0.374 e. The number of hydrogen-bond donors (Lipinski definition) is 0. The fraction of sp³-hybridized carbons (Fsp3) is 0.282. The monoisotopic (exact) mass is 566 g/mol. The van der Waals surface area contributed by atoms with Gasteiger partial charge in [0, 0.05) is 35.8 Å². The van der Waals surface area contributed by atoms with Gasteiger partial charge in [0.2, 0.25) is 5.58 Å². The van der Waals surface area contributed by atoms with Crippen molar-refractivity contribution in [2.75, 3.05) is 11.4 Å². The minimum atomic E-state index is -0.291. The first-order valence-corrected chi connectivity index (χ1v) is 15.6. The summed E-state index contributed by atoms with van der Waals surface area (Å²) in [4.78, 5) is 6.27. The maximum atomic E-state index is 7.60. The van der Waals surface area contributed by atoms with Crippen LogP contribution in [0, 0.1) is 6.57 Å². The fourth-order valence-corrected chi connectivity index (χ4v) is 6.72. The van der Waals surface area contributed by atoms with Gasteiger partial charge in [-0.05, 0) is 54.3 Å². The highest BCUT2D eigenvalue weighted by molar-refractivity contribution is 5.95. The number of allylic oxidation sites excluding steroid dienone is 3. The summed E-state index contributed by atoms with van der Waals surface area (Å²) >= 11 is 0. The Labute approximate surface area is 255 Å². The lowest BCUT2D eigenvalue weighted by atomic mass is 9.74. The molecule has 6 rings (SSSR count). The zero-order chi connectivity index (χ0) is 29.8. The number of benzene rings is 4. The normalized spacial score (nSPS) is 17.3. The summed E-state index contributed by atoms with van der Waals surface area (Å²) in [5.74, 6) is 0.874. The molecule has 0 radical (unpaired) electrons. The van der Waals surface area contributed by atoms with Crippen molar-refractivity contribution in [3.63, 3.8) is 0 Å². The summed E-state index contributed by atoms with van der Waals surface area (Å²) < 4.78 is 8.65. The van der Waals surface area contributed by atoms with Crippen LogP contribution in [-0.2, 0) is 18.4 Å². The van der Waals surface area contributed by atoms with Gasteiger partial charge < -0.3 is 9.32 Å². The maximum absolute atomic E-state index is 7.60. The largest absolute Gasteiger partial charge is 0.398 e. The molecule has 4 nitrogen and oxygen atoms in total. The highest BCUT2D eigenvalue weighted by Gasteiger charge is 2.44. The van der Waals surface area contributed by atoms with E-state index in [0.29, 0.717) is 5.69 Å². The van der Waals surface area contributed by atoms with Crippen LogP contribution in [0.4, 0.5) is 11.4 Å². The Kier molecular flexibility index (Phi) is 8.16. The number of aryl methyl sites for hydroxylation is 1. The molecule has 5 aromatic rings. The number of hydrogen-bond acceptors (Lipinski definition) is 2. The number of fused-ring (bicyclic) bond motifs is 4. The van der Waals surface area contributed by atoms with Crippen LogP contribution in [-0.4, -0.2) is 6.54 Å². The molecule has 1 aromatic heterocycles. The van der Waals surface area contributed by atoms with Crippen molar-refractivity contribution < 1.29 is 8.98 Å². The van der Waals surface area contributed by atoms with E-state index in [1.54, 1.807) is 0 Å². The molecule has 0 N–H and O–H groups in total. The lowest BCUT2D eigenvalue weighted by Gasteiger charge is -2.31. The van der Waals surface area contributed by atoms with E-state index in [9.17, 15) is 0 Å². The molecule has 1 atom stereocenters. The zero-order valence-corrected chi connectivity index (χ0v) is 25.5. The third kappa shape index (κ3) is 5.37. The standard InChI is InChI=1S/C39H40N3O/c1-5-7-25-41-34-24-23-30-16-9-10-18-32(30)38(34)39(3,28-29-15-13-17-31(27-29)40-4)36(41)21-14-22-37-42(26-8-6-2)33-19-11-12-20-35(33)43-37/h9-24,27H,5-8,25-26,28H2,1-3H3/q+1. The molecule has 43 heavy (non-hydrogen) atoms. The first-order chi connectivity index (χ1) is 21.1. The quantitative estimate of drug-likeness (QED) is 0.124. The highest BCUT2D eigenvalue weighted by Crippen LogP contribution is 2.52. The van der Waals surface area contributed by atoms with Crippen molar-refractivity contribution in [1.82, 2.24) is 0 Å². The van der Waals surface area contributed by atoms with Gasteiger partial charge >= 0.3 is 5.89 Å². The average molecular weight is 567 g/mol. The molecular weight excluding hydrogens is 526 g/mol. The van der Waals surface area contributed by atoms with E-state index in [0.717, 1.165) is 62.2 Å². The summed E-state index contributed by atoms with van der Waals surface area (Å²) in [6, 6.07) is 29.7. The number of para-hydroxylation sites is 2. The van der Waals surface area contributed by atoms with Crippen LogP contribution in [0.2, 0.25) is 0 Å². The van der Waals surface area contributed by atoms with Crippen LogP contribution in [0.3, 0.4) is 0 Å². The van der Waals surface area contributed by atoms with Gasteiger partial charge in [0.1, 0.15) is 0 Å². The summed E-state index contributed by atoms with van der Waals surface area (Å²) in [7, 11) is 0. The average Bonchev–Trinajstić information content (AvgIpc) is 3.50. The summed E-state index contributed by atoms with van der Waals surface area (Å²) in [5, 5.41) is 2.56. The molecule has 0 saturated carbocycles. The molecule has 1 unspecified atom stereocenters. The summed E-state index contributed by atoms with van der Waals surface area (Å²) in [6.07, 6.45) is 11.9. The Bertz CT molecular complexity index is 1870. The molecule has 0 amide bonds. The Hall–Kier alpha value is -4.62. The van der Waals surface area contributed by atoms with E-state index in [1.165, 1.54) is 33.3 Å². The zero-order valence-electron chi connectivity index (χ0n) is 25.5. The Morgan fingerprint density at radius 3 is 2.58 bits per heavy atom. The van der Waals surface area contributed by atoms with Crippen LogP contribution < -0.4 is 9.47 Å². The van der Waals surface area contributed by atoms with Crippen LogP contribution >= 0.6 is 0 Å². The molecule has 0 spiro atoms. The molecule has 0 bridgehead atoms. The van der Waals surface area contributed by atoms with Gasteiger partial charge in [-0.1, -0.05) is 105 Å². The summed E-state index contributed by atoms with van der Waals surface area (Å²) in [6.45, 7) is 16.4. The van der Waals surface area contributed by atoms with Crippen molar-refractivity contribution in [3.05, 3.63) is 131 Å². The van der Waals surface area contributed by atoms with Crippen molar-refractivity contribution in [2.45, 2.75) is 64.8 Å². The van der Waals surface area contributed by atoms with Crippen LogP contribution in [0.25, 0.3) is 32.8 Å². The third-order valence-corrected chi connectivity index (χ3v) is 8.80. The maximum Gasteiger partial charge on any atom is 0.374 e. The molecule has 0 fully saturated rings. The third-order valence-electron chi connectivity index (χ3n) is 8.80. The topological polar surface area (TPSA) is 24.6 Å². The van der Waals surface area contributed by atoms with Gasteiger partial charge in [0.05, 0.1) is 12.6 Å². The molecule has 4 aromatic carbocycles. The fourth-order valence-electron chi connectivity index (χ4n) is 6.72. The minimum absolute atomic E-state index is 0.291. The first kappa shape index (κ1) is 28.5. The predicted molar refractivity (Wildman–Crippen MR) is 178 cm³/mol. The van der Waals surface area contributed by atoms with Crippen LogP contribution in [0.5, 0.6) is 0 Å². The molecule has 216 valence electrons. The number of anilines is 1. The highest BCUT2D eigenvalue weighted by atomic mass is 16.3. The van der Waals surface area contributed by atoms with Gasteiger partial charge in [-0.2, -0.15) is 4.57 Å². The van der Waals surface area contributed by atoms with Gasteiger partial charge in [-0.25, -0.2) is 4.85 Å². The number of oxazole rings is 1. The van der Waals surface area contributed by atoms with Gasteiger partial charge in [-0.15, -0.1) is 0 Å². The molecule has 0 saturated heterocycles. The Morgan fingerprint density at radius 2 is 1.74 bits per heavy atom. The molecule has 1 aliphatic rings. The van der Waals surface area contributed by atoms with Crippen molar-refractivity contribution >= 4 is 39.3 Å². The number of unbranched alkanes of at least 4 members (excludes halogenated alkanes) is 2. The second-order valence-corrected chi connectivity index (χ2v) is 11.8. The molecule has 4 heteroatoms. The summed E-state index contributed by atoms with van der Waals surface area (Å²) in [5.41, 5.74) is 7.57. The Morgan fingerprint density at radius 1 is 0.930 bits per heavy atom. The van der Waals surface area contributed by atoms with Crippen molar-refractivity contribution in [1.29, 1.82) is 0 Å². The molecule has 1 aliphatic heterocycles. The number of nitrogens with zero attached hydrogens (tertiary/aromatic N) is 3. The SMILES string of the molecule is [C-]#[N+]c1cccc(CC2(C)C(=CC=Cc3oc4ccccc4[n+]3CCCC)N(CCCC)c3ccc4ccccc4c32)c1. The van der Waals surface area contributed by atoms with Crippen LogP contribution in [0.1, 0.15) is 63.5 Å². The van der Waals surface area contributed by atoms with Crippen molar-refractivity contribution in [3.8, 4) is 0 Å². The van der Waals surface area contributed by atoms with Crippen molar-refractivity contribution in [2.24, 2.45) is 0 Å².